The Hall–Kier alpha value is -4.88. The zero-order valence-electron chi connectivity index (χ0n) is 25.3. The number of rotatable bonds is 3. The molecule has 13 nitrogen and oxygen atoms in total. The smallest absolute Gasteiger partial charge is 0.255 e. The van der Waals surface area contributed by atoms with E-state index in [1.807, 2.05) is 11.0 Å². The molecule has 1 fully saturated rings. The molecular weight excluding hydrogens is 616 g/mol. The molecule has 4 bridgehead atoms. The quantitative estimate of drug-likeness (QED) is 0.264. The van der Waals surface area contributed by atoms with Gasteiger partial charge in [-0.15, -0.1) is 0 Å². The minimum Gasteiger partial charge on any atom is -0.507 e. The van der Waals surface area contributed by atoms with Gasteiger partial charge in [0.2, 0.25) is 17.7 Å². The minimum atomic E-state index is -1.46. The number of aliphatic hydroxyl groups is 1. The van der Waals surface area contributed by atoms with E-state index in [0.717, 1.165) is 11.4 Å². The Morgan fingerprint density at radius 3 is 2.30 bits per heavy atom. The first kappa shape index (κ1) is 32.5. The number of aromatic hydroxyl groups is 1. The average Bonchev–Trinajstić information content (AvgIpc) is 3.04. The molecular formula is C32H35ClN6O7. The molecule has 242 valence electrons. The molecule has 0 saturated carbocycles. The van der Waals surface area contributed by atoms with Crippen molar-refractivity contribution in [2.24, 2.45) is 0 Å². The number of nitrogens with zero attached hydrogens (tertiary/aromatic N) is 3. The van der Waals surface area contributed by atoms with E-state index in [2.05, 4.69) is 20.9 Å². The fourth-order valence-corrected chi connectivity index (χ4v) is 5.36. The molecule has 0 spiro atoms. The number of aliphatic hydroxyl groups excluding tert-OH is 1. The van der Waals surface area contributed by atoms with Crippen LogP contribution in [0.15, 0.2) is 60.8 Å². The Morgan fingerprint density at radius 1 is 0.957 bits per heavy atom. The van der Waals surface area contributed by atoms with Crippen LogP contribution < -0.4 is 25.6 Å². The molecule has 3 aliphatic heterocycles. The Bertz CT molecular complexity index is 1590. The molecule has 14 heteroatoms. The van der Waals surface area contributed by atoms with Crippen LogP contribution in [0.2, 0.25) is 5.02 Å². The molecule has 0 aliphatic carbocycles. The van der Waals surface area contributed by atoms with Gasteiger partial charge in [-0.1, -0.05) is 23.7 Å². The summed E-state index contributed by atoms with van der Waals surface area (Å²) >= 11 is 5.97. The van der Waals surface area contributed by atoms with Crippen molar-refractivity contribution in [1.82, 2.24) is 25.8 Å². The summed E-state index contributed by atoms with van der Waals surface area (Å²) in [7, 11) is 0. The third kappa shape index (κ3) is 7.66. The van der Waals surface area contributed by atoms with Crippen molar-refractivity contribution in [2.75, 3.05) is 31.1 Å². The maximum atomic E-state index is 13.8. The maximum absolute atomic E-state index is 13.8. The summed E-state index contributed by atoms with van der Waals surface area (Å²) in [5, 5.41) is 28.9. The summed E-state index contributed by atoms with van der Waals surface area (Å²) < 4.78 is 5.89. The van der Waals surface area contributed by atoms with Gasteiger partial charge >= 0.3 is 0 Å². The van der Waals surface area contributed by atoms with Crippen LogP contribution in [0.1, 0.15) is 29.8 Å². The lowest BCUT2D eigenvalue weighted by Gasteiger charge is -2.37. The number of aromatic nitrogens is 1. The Kier molecular flexibility index (Phi) is 9.93. The zero-order valence-corrected chi connectivity index (χ0v) is 26.0. The molecule has 5 N–H and O–H groups in total. The number of fused-ring (bicyclic) bond motifs is 11. The number of phenols is 1. The molecule has 4 atom stereocenters. The summed E-state index contributed by atoms with van der Waals surface area (Å²) in [6.07, 6.45) is 0.391. The normalized spacial score (nSPS) is 21.7. The molecule has 3 aromatic rings. The summed E-state index contributed by atoms with van der Waals surface area (Å²) in [5.74, 6) is -1.51. The number of piperazine rings is 1. The highest BCUT2D eigenvalue weighted by atomic mass is 35.5. The third-order valence-electron chi connectivity index (χ3n) is 7.86. The summed E-state index contributed by atoms with van der Waals surface area (Å²) in [6, 6.07) is 11.0. The SMILES string of the molecule is C[C@@H]1NC(=O)[C@H]([C@@H](C)O)NC(=O)c2cc(ccc2O)Oc2ccc(cc2)C[C@@H](C(=O)N2CCN(c3ccc(Cl)cn3)CC2)NC1=O. The second-order valence-corrected chi connectivity index (χ2v) is 11.7. The average molecular weight is 651 g/mol. The second kappa shape index (κ2) is 14.0. The van der Waals surface area contributed by atoms with Crippen molar-refractivity contribution in [2.45, 2.75) is 44.5 Å². The van der Waals surface area contributed by atoms with E-state index in [1.54, 1.807) is 41.4 Å². The first-order valence-corrected chi connectivity index (χ1v) is 15.2. The topological polar surface area (TPSA) is 173 Å². The predicted octanol–water partition coefficient (Wildman–Crippen LogP) is 1.61. The molecule has 1 aromatic heterocycles. The monoisotopic (exact) mass is 650 g/mol. The fourth-order valence-electron chi connectivity index (χ4n) is 5.25. The van der Waals surface area contributed by atoms with Crippen LogP contribution in [0.5, 0.6) is 17.2 Å². The fraction of sp³-hybridized carbons (Fsp3) is 0.344. The van der Waals surface area contributed by atoms with Gasteiger partial charge in [-0.2, -0.15) is 0 Å². The van der Waals surface area contributed by atoms with Crippen molar-refractivity contribution in [3.05, 3.63) is 76.9 Å². The number of halogens is 1. The van der Waals surface area contributed by atoms with Gasteiger partial charge in [0.25, 0.3) is 5.91 Å². The number of benzene rings is 2. The van der Waals surface area contributed by atoms with E-state index < -0.39 is 42.0 Å². The van der Waals surface area contributed by atoms with E-state index in [0.29, 0.717) is 37.0 Å². The van der Waals surface area contributed by atoms with Crippen molar-refractivity contribution in [3.63, 3.8) is 0 Å². The second-order valence-electron chi connectivity index (χ2n) is 11.3. The van der Waals surface area contributed by atoms with Crippen LogP contribution in [-0.4, -0.2) is 94.1 Å². The largest absolute Gasteiger partial charge is 0.507 e. The molecule has 3 aliphatic rings. The van der Waals surface area contributed by atoms with Gasteiger partial charge in [0.15, 0.2) is 0 Å². The number of phenolic OH excluding ortho intramolecular Hbond substituents is 1. The third-order valence-corrected chi connectivity index (χ3v) is 8.08. The number of anilines is 1. The Morgan fingerprint density at radius 2 is 1.65 bits per heavy atom. The lowest BCUT2D eigenvalue weighted by atomic mass is 10.0. The number of hydrogen-bond donors (Lipinski definition) is 5. The zero-order chi connectivity index (χ0) is 33.0. The highest BCUT2D eigenvalue weighted by molar-refractivity contribution is 6.30. The van der Waals surface area contributed by atoms with Gasteiger partial charge in [-0.05, 0) is 61.9 Å². The van der Waals surface area contributed by atoms with E-state index in [4.69, 9.17) is 16.3 Å². The molecule has 0 unspecified atom stereocenters. The first-order valence-electron chi connectivity index (χ1n) is 14.8. The van der Waals surface area contributed by atoms with E-state index in [-0.39, 0.29) is 29.4 Å². The van der Waals surface area contributed by atoms with Gasteiger partial charge in [0.05, 0.1) is 16.7 Å². The van der Waals surface area contributed by atoms with Crippen LogP contribution in [0, 0.1) is 0 Å². The van der Waals surface area contributed by atoms with Gasteiger partial charge in [-0.25, -0.2) is 4.98 Å². The van der Waals surface area contributed by atoms with Gasteiger partial charge in [0, 0.05) is 38.8 Å². The molecule has 4 heterocycles. The Balaban J connectivity index is 1.39. The van der Waals surface area contributed by atoms with Gasteiger partial charge in [0.1, 0.15) is 41.2 Å². The van der Waals surface area contributed by atoms with Crippen molar-refractivity contribution in [1.29, 1.82) is 0 Å². The summed E-state index contributed by atoms with van der Waals surface area (Å²) in [5.41, 5.74) is 0.568. The van der Waals surface area contributed by atoms with Crippen molar-refractivity contribution >= 4 is 41.0 Å². The van der Waals surface area contributed by atoms with Crippen LogP contribution in [0.4, 0.5) is 5.82 Å². The van der Waals surface area contributed by atoms with Gasteiger partial charge in [-0.3, -0.25) is 19.2 Å². The molecule has 0 radical (unpaired) electrons. The molecule has 4 amide bonds. The number of ether oxygens (including phenoxy) is 1. The first-order chi connectivity index (χ1) is 22.0. The number of carbonyl (C=O) groups excluding carboxylic acids is 4. The van der Waals surface area contributed by atoms with Crippen LogP contribution in [0.3, 0.4) is 0 Å². The lowest BCUT2D eigenvalue weighted by Crippen LogP contribution is -2.59. The molecule has 2 aromatic carbocycles. The minimum absolute atomic E-state index is 0.167. The highest BCUT2D eigenvalue weighted by Crippen LogP contribution is 2.28. The molecule has 1 saturated heterocycles. The predicted molar refractivity (Wildman–Crippen MR) is 169 cm³/mol. The number of nitrogens with one attached hydrogen (secondary N) is 3. The van der Waals surface area contributed by atoms with Gasteiger partial charge < -0.3 is 40.7 Å². The van der Waals surface area contributed by atoms with E-state index in [1.165, 1.54) is 32.0 Å². The maximum Gasteiger partial charge on any atom is 0.255 e. The van der Waals surface area contributed by atoms with E-state index >= 15 is 0 Å². The number of carbonyl (C=O) groups is 4. The number of amides is 4. The van der Waals surface area contributed by atoms with E-state index in [9.17, 15) is 29.4 Å². The van der Waals surface area contributed by atoms with Crippen LogP contribution in [0.25, 0.3) is 0 Å². The lowest BCUT2D eigenvalue weighted by molar-refractivity contribution is -0.137. The molecule has 6 rings (SSSR count). The van der Waals surface area contributed by atoms with Crippen LogP contribution in [-0.2, 0) is 20.8 Å². The summed E-state index contributed by atoms with van der Waals surface area (Å²) in [4.78, 5) is 61.5. The van der Waals surface area contributed by atoms with Crippen molar-refractivity contribution in [3.8, 4) is 17.2 Å². The highest BCUT2D eigenvalue weighted by Gasteiger charge is 2.33. The standard InChI is InChI=1S/C32H35ClN6O7/c1-18-29(42)36-25(32(45)39-13-11-38(12-14-39)27-10-5-21(33)17-34-27)15-20-3-6-22(7-4-20)46-23-8-9-26(41)24(16-23)30(43)37-28(19(2)40)31(44)35-18/h3-10,16-19,25,28,40-41H,11-15H2,1-2H3,(H,35,44)(H,36,42)(H,37,43)/t18-,19+,25-,28-/m0/s1. The number of pyridine rings is 1. The summed E-state index contributed by atoms with van der Waals surface area (Å²) in [6.45, 7) is 4.61. The van der Waals surface area contributed by atoms with Crippen LogP contribution >= 0.6 is 11.6 Å². The molecule has 46 heavy (non-hydrogen) atoms. The number of hydrogen-bond acceptors (Lipinski definition) is 9. The van der Waals surface area contributed by atoms with Crippen molar-refractivity contribution < 1.29 is 34.1 Å². The Labute approximate surface area is 270 Å².